The summed E-state index contributed by atoms with van der Waals surface area (Å²) >= 11 is 0. The molecule has 0 unspecified atom stereocenters. The van der Waals surface area contributed by atoms with Gasteiger partial charge in [-0.1, -0.05) is 47.7 Å². The van der Waals surface area contributed by atoms with E-state index in [1.807, 2.05) is 54.6 Å². The first kappa shape index (κ1) is 14.7. The van der Waals surface area contributed by atoms with E-state index in [0.29, 0.717) is 12.1 Å². The van der Waals surface area contributed by atoms with Gasteiger partial charge in [-0.25, -0.2) is 9.48 Å². The Morgan fingerprint density at radius 2 is 1.74 bits per heavy atom. The number of rotatable bonds is 4. The predicted octanol–water partition coefficient (Wildman–Crippen LogP) is 1.46. The number of hydrogen-bond donors (Lipinski definition) is 2. The van der Waals surface area contributed by atoms with E-state index in [4.69, 9.17) is 0 Å². The molecule has 3 aromatic rings. The van der Waals surface area contributed by atoms with Gasteiger partial charge >= 0.3 is 6.03 Å². The minimum absolute atomic E-state index is 0.0702. The van der Waals surface area contributed by atoms with Crippen molar-refractivity contribution >= 4 is 23.0 Å². The zero-order chi connectivity index (χ0) is 16.1. The van der Waals surface area contributed by atoms with Crippen LogP contribution in [0.3, 0.4) is 0 Å². The van der Waals surface area contributed by atoms with Crippen LogP contribution in [0.4, 0.5) is 4.79 Å². The summed E-state index contributed by atoms with van der Waals surface area (Å²) < 4.78 is 1.45. The number of urea groups is 1. The van der Waals surface area contributed by atoms with Crippen molar-refractivity contribution in [3.8, 4) is 0 Å². The molecule has 0 aliphatic rings. The summed E-state index contributed by atoms with van der Waals surface area (Å²) in [5.41, 5.74) is 2.40. The van der Waals surface area contributed by atoms with E-state index < -0.39 is 11.9 Å². The highest BCUT2D eigenvalue weighted by atomic mass is 16.2. The van der Waals surface area contributed by atoms with Crippen molar-refractivity contribution in [2.45, 2.75) is 13.1 Å². The fraction of sp³-hybridized carbons (Fsp3) is 0.125. The fourth-order valence-corrected chi connectivity index (χ4v) is 2.16. The van der Waals surface area contributed by atoms with Gasteiger partial charge in [-0.15, -0.1) is 5.10 Å². The summed E-state index contributed by atoms with van der Waals surface area (Å²) in [6, 6.07) is 16.2. The van der Waals surface area contributed by atoms with Crippen molar-refractivity contribution in [2.75, 3.05) is 0 Å². The van der Waals surface area contributed by atoms with Crippen LogP contribution in [0, 0.1) is 0 Å². The van der Waals surface area contributed by atoms with Crippen molar-refractivity contribution in [1.29, 1.82) is 0 Å². The lowest BCUT2D eigenvalue weighted by molar-refractivity contribution is -0.120. The molecule has 2 N–H and O–H groups in total. The minimum atomic E-state index is -0.539. The molecule has 3 amide bonds. The summed E-state index contributed by atoms with van der Waals surface area (Å²) in [5.74, 6) is -0.453. The number of hydrogen-bond acceptors (Lipinski definition) is 4. The van der Waals surface area contributed by atoms with Gasteiger partial charge < -0.3 is 5.32 Å². The van der Waals surface area contributed by atoms with Gasteiger partial charge in [-0.2, -0.15) is 0 Å². The molecule has 116 valence electrons. The highest BCUT2D eigenvalue weighted by Gasteiger charge is 2.11. The van der Waals surface area contributed by atoms with Gasteiger partial charge in [-0.3, -0.25) is 10.1 Å². The molecule has 0 radical (unpaired) electrons. The Balaban J connectivity index is 1.54. The second kappa shape index (κ2) is 6.69. The van der Waals surface area contributed by atoms with Crippen LogP contribution < -0.4 is 10.6 Å². The summed E-state index contributed by atoms with van der Waals surface area (Å²) in [6.45, 7) is 0.283. The molecular formula is C16H15N5O2. The number of fused-ring (bicyclic) bond motifs is 1. The van der Waals surface area contributed by atoms with Crippen LogP contribution in [-0.2, 0) is 17.9 Å². The molecule has 0 bridgehead atoms. The quantitative estimate of drug-likeness (QED) is 0.763. The van der Waals surface area contributed by atoms with E-state index in [1.165, 1.54) is 4.68 Å². The molecule has 1 heterocycles. The highest BCUT2D eigenvalue weighted by Crippen LogP contribution is 2.09. The molecule has 0 saturated carbocycles. The zero-order valence-corrected chi connectivity index (χ0v) is 12.3. The molecule has 0 atom stereocenters. The standard InChI is InChI=1S/C16H15N5O2/c22-15(11-21-14-9-5-4-8-13(14)19-20-21)18-16(23)17-10-12-6-2-1-3-7-12/h1-9H,10-11H2,(H2,17,18,22,23). The van der Waals surface area contributed by atoms with E-state index in [-0.39, 0.29) is 6.54 Å². The summed E-state index contributed by atoms with van der Waals surface area (Å²) in [7, 11) is 0. The van der Waals surface area contributed by atoms with Crippen LogP contribution in [-0.4, -0.2) is 26.9 Å². The third-order valence-corrected chi connectivity index (χ3v) is 3.26. The Hall–Kier alpha value is -3.22. The van der Waals surface area contributed by atoms with Crippen molar-refractivity contribution < 1.29 is 9.59 Å². The largest absolute Gasteiger partial charge is 0.334 e. The number of amides is 3. The predicted molar refractivity (Wildman–Crippen MR) is 84.3 cm³/mol. The van der Waals surface area contributed by atoms with Gasteiger partial charge in [0.05, 0.1) is 5.52 Å². The Morgan fingerprint density at radius 1 is 1.00 bits per heavy atom. The molecule has 7 heteroatoms. The molecular weight excluding hydrogens is 294 g/mol. The van der Waals surface area contributed by atoms with Crippen molar-refractivity contribution in [3.63, 3.8) is 0 Å². The fourth-order valence-electron chi connectivity index (χ4n) is 2.16. The maximum absolute atomic E-state index is 11.9. The lowest BCUT2D eigenvalue weighted by Crippen LogP contribution is -2.40. The monoisotopic (exact) mass is 309 g/mol. The maximum atomic E-state index is 11.9. The number of para-hydroxylation sites is 1. The number of carbonyl (C=O) groups excluding carboxylic acids is 2. The molecule has 7 nitrogen and oxygen atoms in total. The van der Waals surface area contributed by atoms with E-state index in [1.54, 1.807) is 0 Å². The van der Waals surface area contributed by atoms with Crippen LogP contribution >= 0.6 is 0 Å². The second-order valence-electron chi connectivity index (χ2n) is 4.95. The molecule has 3 rings (SSSR count). The average Bonchev–Trinajstić information content (AvgIpc) is 2.97. The SMILES string of the molecule is O=C(Cn1nnc2ccccc21)NC(=O)NCc1ccccc1. The normalized spacial score (nSPS) is 10.4. The minimum Gasteiger partial charge on any atom is -0.334 e. The van der Waals surface area contributed by atoms with Crippen molar-refractivity contribution in [1.82, 2.24) is 25.6 Å². The molecule has 0 spiro atoms. The topological polar surface area (TPSA) is 88.9 Å². The van der Waals surface area contributed by atoms with Crippen molar-refractivity contribution in [3.05, 3.63) is 60.2 Å². The van der Waals surface area contributed by atoms with Crippen LogP contribution in [0.1, 0.15) is 5.56 Å². The lowest BCUT2D eigenvalue weighted by Gasteiger charge is -2.07. The Morgan fingerprint density at radius 3 is 2.57 bits per heavy atom. The number of aromatic nitrogens is 3. The third-order valence-electron chi connectivity index (χ3n) is 3.26. The van der Waals surface area contributed by atoms with E-state index in [0.717, 1.165) is 11.1 Å². The number of nitrogens with zero attached hydrogens (tertiary/aromatic N) is 3. The number of nitrogens with one attached hydrogen (secondary N) is 2. The van der Waals surface area contributed by atoms with Gasteiger partial charge in [0, 0.05) is 6.54 Å². The second-order valence-corrected chi connectivity index (χ2v) is 4.95. The Bertz CT molecular complexity index is 829. The highest BCUT2D eigenvalue weighted by molar-refractivity contribution is 5.94. The zero-order valence-electron chi connectivity index (χ0n) is 12.3. The van der Waals surface area contributed by atoms with Crippen LogP contribution in [0.15, 0.2) is 54.6 Å². The first-order valence-electron chi connectivity index (χ1n) is 7.12. The van der Waals surface area contributed by atoms with E-state index in [9.17, 15) is 9.59 Å². The molecule has 0 fully saturated rings. The van der Waals surface area contributed by atoms with Gasteiger partial charge in [0.15, 0.2) is 0 Å². The van der Waals surface area contributed by atoms with Gasteiger partial charge in [0.25, 0.3) is 0 Å². The van der Waals surface area contributed by atoms with Gasteiger partial charge in [0.2, 0.25) is 5.91 Å². The van der Waals surface area contributed by atoms with E-state index in [2.05, 4.69) is 20.9 Å². The smallest absolute Gasteiger partial charge is 0.321 e. The van der Waals surface area contributed by atoms with Crippen LogP contribution in [0.2, 0.25) is 0 Å². The van der Waals surface area contributed by atoms with Crippen molar-refractivity contribution in [2.24, 2.45) is 0 Å². The summed E-state index contributed by atoms with van der Waals surface area (Å²) in [6.07, 6.45) is 0. The first-order chi connectivity index (χ1) is 11.2. The first-order valence-corrected chi connectivity index (χ1v) is 7.12. The third kappa shape index (κ3) is 3.70. The van der Waals surface area contributed by atoms with Crippen LogP contribution in [0.25, 0.3) is 11.0 Å². The maximum Gasteiger partial charge on any atom is 0.321 e. The number of imide groups is 1. The van der Waals surface area contributed by atoms with Gasteiger partial charge in [0.1, 0.15) is 12.1 Å². The molecule has 2 aromatic carbocycles. The van der Waals surface area contributed by atoms with E-state index >= 15 is 0 Å². The molecule has 23 heavy (non-hydrogen) atoms. The number of carbonyl (C=O) groups is 2. The molecule has 0 aliphatic heterocycles. The van der Waals surface area contributed by atoms with Crippen LogP contribution in [0.5, 0.6) is 0 Å². The lowest BCUT2D eigenvalue weighted by atomic mass is 10.2. The number of benzene rings is 2. The Kier molecular flexibility index (Phi) is 4.28. The summed E-state index contributed by atoms with van der Waals surface area (Å²) in [5, 5.41) is 12.8. The summed E-state index contributed by atoms with van der Waals surface area (Å²) in [4.78, 5) is 23.6. The van der Waals surface area contributed by atoms with Gasteiger partial charge in [-0.05, 0) is 17.7 Å². The Labute approximate surface area is 132 Å². The molecule has 0 aliphatic carbocycles. The molecule has 0 saturated heterocycles. The average molecular weight is 309 g/mol. The molecule has 1 aromatic heterocycles.